The molecule has 0 N–H and O–H groups in total. The molecule has 0 radical (unpaired) electrons. The van der Waals surface area contributed by atoms with Gasteiger partial charge >= 0.3 is 0 Å². The van der Waals surface area contributed by atoms with Crippen molar-refractivity contribution in [3.63, 3.8) is 0 Å². The summed E-state index contributed by atoms with van der Waals surface area (Å²) < 4.78 is 6.86. The molecular weight excluding hydrogens is 240 g/mol. The van der Waals surface area contributed by atoms with Gasteiger partial charge in [-0.05, 0) is 6.07 Å². The maximum Gasteiger partial charge on any atom is 0.113 e. The van der Waals surface area contributed by atoms with Gasteiger partial charge in [0.25, 0.3) is 0 Å². The van der Waals surface area contributed by atoms with E-state index in [1.807, 2.05) is 10.7 Å². The Bertz CT molecular complexity index is 472. The standard InChI is InChI=1S/C11H13ClN4O/c1-17-5-4-16-9(7-12)6-10(15-16)11-8-13-2-3-14-11/h2-3,6,8H,4-5,7H2,1H3. The topological polar surface area (TPSA) is 52.8 Å². The van der Waals surface area contributed by atoms with Gasteiger partial charge in [0.2, 0.25) is 0 Å². The van der Waals surface area contributed by atoms with Crippen LogP contribution in [0.4, 0.5) is 0 Å². The fraction of sp³-hybridized carbons (Fsp3) is 0.364. The lowest BCUT2D eigenvalue weighted by molar-refractivity contribution is 0.183. The van der Waals surface area contributed by atoms with E-state index < -0.39 is 0 Å². The number of hydrogen-bond acceptors (Lipinski definition) is 4. The molecule has 0 unspecified atom stereocenters. The van der Waals surface area contributed by atoms with Gasteiger partial charge < -0.3 is 4.74 Å². The average Bonchev–Trinajstić information content (AvgIpc) is 2.80. The SMILES string of the molecule is COCCn1nc(-c2cnccn2)cc1CCl. The van der Waals surface area contributed by atoms with Crippen LogP contribution in [0.5, 0.6) is 0 Å². The number of methoxy groups -OCH3 is 1. The summed E-state index contributed by atoms with van der Waals surface area (Å²) in [6, 6.07) is 1.92. The van der Waals surface area contributed by atoms with E-state index in [1.54, 1.807) is 25.7 Å². The van der Waals surface area contributed by atoms with E-state index in [4.69, 9.17) is 16.3 Å². The van der Waals surface area contributed by atoms with Crippen molar-refractivity contribution in [1.82, 2.24) is 19.7 Å². The molecule has 0 aliphatic rings. The number of aromatic nitrogens is 4. The molecule has 0 aliphatic heterocycles. The summed E-state index contributed by atoms with van der Waals surface area (Å²) in [6.45, 7) is 1.28. The summed E-state index contributed by atoms with van der Waals surface area (Å²) >= 11 is 5.87. The van der Waals surface area contributed by atoms with Crippen molar-refractivity contribution in [2.45, 2.75) is 12.4 Å². The van der Waals surface area contributed by atoms with Crippen LogP contribution in [0.15, 0.2) is 24.7 Å². The molecule has 2 rings (SSSR count). The molecule has 17 heavy (non-hydrogen) atoms. The molecule has 0 aliphatic carbocycles. The summed E-state index contributed by atoms with van der Waals surface area (Å²) in [5.74, 6) is 0.414. The lowest BCUT2D eigenvalue weighted by atomic mass is 10.3. The van der Waals surface area contributed by atoms with E-state index in [-0.39, 0.29) is 0 Å². The molecule has 0 bridgehead atoms. The van der Waals surface area contributed by atoms with Crippen LogP contribution in [0.1, 0.15) is 5.69 Å². The van der Waals surface area contributed by atoms with Crippen LogP contribution in [0, 0.1) is 0 Å². The van der Waals surface area contributed by atoms with Gasteiger partial charge in [-0.15, -0.1) is 11.6 Å². The second-order valence-electron chi connectivity index (χ2n) is 3.46. The van der Waals surface area contributed by atoms with Crippen LogP contribution in [-0.2, 0) is 17.2 Å². The maximum atomic E-state index is 5.87. The first-order valence-electron chi connectivity index (χ1n) is 5.23. The Morgan fingerprint density at radius 1 is 1.35 bits per heavy atom. The second kappa shape index (κ2) is 5.75. The minimum absolute atomic E-state index is 0.414. The quantitative estimate of drug-likeness (QED) is 0.761. The fourth-order valence-electron chi connectivity index (χ4n) is 1.49. The smallest absolute Gasteiger partial charge is 0.113 e. The first-order chi connectivity index (χ1) is 8.35. The van der Waals surface area contributed by atoms with Gasteiger partial charge in [-0.2, -0.15) is 5.10 Å². The molecule has 0 saturated carbocycles. The van der Waals surface area contributed by atoms with E-state index in [2.05, 4.69) is 15.1 Å². The normalized spacial score (nSPS) is 10.7. The molecule has 90 valence electrons. The molecule has 0 amide bonds. The van der Waals surface area contributed by atoms with E-state index >= 15 is 0 Å². The Morgan fingerprint density at radius 2 is 2.24 bits per heavy atom. The van der Waals surface area contributed by atoms with Crippen molar-refractivity contribution < 1.29 is 4.74 Å². The average molecular weight is 253 g/mol. The Balaban J connectivity index is 2.28. The third kappa shape index (κ3) is 2.81. The maximum absolute atomic E-state index is 5.87. The molecule has 2 heterocycles. The Morgan fingerprint density at radius 3 is 2.88 bits per heavy atom. The number of nitrogens with zero attached hydrogens (tertiary/aromatic N) is 4. The van der Waals surface area contributed by atoms with Crippen LogP contribution in [0.3, 0.4) is 0 Å². The number of hydrogen-bond donors (Lipinski definition) is 0. The minimum Gasteiger partial charge on any atom is -0.383 e. The molecule has 0 saturated heterocycles. The molecule has 2 aromatic rings. The number of rotatable bonds is 5. The summed E-state index contributed by atoms with van der Waals surface area (Å²) in [6.07, 6.45) is 4.96. The van der Waals surface area contributed by atoms with Crippen LogP contribution in [0.2, 0.25) is 0 Å². The largest absolute Gasteiger partial charge is 0.383 e. The first-order valence-corrected chi connectivity index (χ1v) is 5.76. The van der Waals surface area contributed by atoms with Gasteiger partial charge in [0.15, 0.2) is 0 Å². The number of halogens is 1. The van der Waals surface area contributed by atoms with Crippen molar-refractivity contribution >= 4 is 11.6 Å². The fourth-order valence-corrected chi connectivity index (χ4v) is 1.71. The molecule has 2 aromatic heterocycles. The van der Waals surface area contributed by atoms with Crippen LogP contribution in [-0.4, -0.2) is 33.5 Å². The molecule has 0 atom stereocenters. The van der Waals surface area contributed by atoms with Gasteiger partial charge in [-0.3, -0.25) is 14.6 Å². The predicted molar refractivity (Wildman–Crippen MR) is 64.7 cm³/mol. The van der Waals surface area contributed by atoms with Crippen LogP contribution < -0.4 is 0 Å². The van der Waals surface area contributed by atoms with E-state index in [0.717, 1.165) is 17.1 Å². The predicted octanol–water partition coefficient (Wildman–Crippen LogP) is 1.73. The monoisotopic (exact) mass is 252 g/mol. The third-order valence-electron chi connectivity index (χ3n) is 2.33. The molecule has 0 spiro atoms. The molecule has 5 nitrogen and oxygen atoms in total. The molecule has 6 heteroatoms. The van der Waals surface area contributed by atoms with Gasteiger partial charge in [-0.25, -0.2) is 0 Å². The second-order valence-corrected chi connectivity index (χ2v) is 3.73. The molecular formula is C11H13ClN4O. The minimum atomic E-state index is 0.414. The highest BCUT2D eigenvalue weighted by molar-refractivity contribution is 6.16. The Kier molecular flexibility index (Phi) is 4.06. The Labute approximate surface area is 104 Å². The van der Waals surface area contributed by atoms with Gasteiger partial charge in [0, 0.05) is 19.5 Å². The highest BCUT2D eigenvalue weighted by atomic mass is 35.5. The summed E-state index contributed by atoms with van der Waals surface area (Å²) in [7, 11) is 1.66. The van der Waals surface area contributed by atoms with Crippen LogP contribution in [0.25, 0.3) is 11.4 Å². The van der Waals surface area contributed by atoms with Gasteiger partial charge in [-0.1, -0.05) is 0 Å². The van der Waals surface area contributed by atoms with Crippen molar-refractivity contribution in [3.05, 3.63) is 30.4 Å². The number of ether oxygens (including phenoxy) is 1. The van der Waals surface area contributed by atoms with Crippen molar-refractivity contribution in [2.24, 2.45) is 0 Å². The van der Waals surface area contributed by atoms with E-state index in [1.165, 1.54) is 0 Å². The van der Waals surface area contributed by atoms with E-state index in [0.29, 0.717) is 19.0 Å². The summed E-state index contributed by atoms with van der Waals surface area (Å²) in [5.41, 5.74) is 2.48. The molecule has 0 fully saturated rings. The van der Waals surface area contributed by atoms with Gasteiger partial charge in [0.05, 0.1) is 30.9 Å². The zero-order chi connectivity index (χ0) is 12.1. The van der Waals surface area contributed by atoms with Crippen molar-refractivity contribution in [3.8, 4) is 11.4 Å². The summed E-state index contributed by atoms with van der Waals surface area (Å²) in [4.78, 5) is 8.22. The van der Waals surface area contributed by atoms with E-state index in [9.17, 15) is 0 Å². The zero-order valence-corrected chi connectivity index (χ0v) is 10.3. The highest BCUT2D eigenvalue weighted by Crippen LogP contribution is 2.16. The van der Waals surface area contributed by atoms with Crippen molar-refractivity contribution in [1.29, 1.82) is 0 Å². The van der Waals surface area contributed by atoms with Crippen molar-refractivity contribution in [2.75, 3.05) is 13.7 Å². The first kappa shape index (κ1) is 12.0. The summed E-state index contributed by atoms with van der Waals surface area (Å²) in [5, 5.41) is 4.44. The lowest BCUT2D eigenvalue weighted by Crippen LogP contribution is -2.08. The van der Waals surface area contributed by atoms with Crippen LogP contribution >= 0.6 is 11.6 Å². The highest BCUT2D eigenvalue weighted by Gasteiger charge is 2.09. The number of alkyl halides is 1. The lowest BCUT2D eigenvalue weighted by Gasteiger charge is -2.03. The van der Waals surface area contributed by atoms with Gasteiger partial charge in [0.1, 0.15) is 11.4 Å². The third-order valence-corrected chi connectivity index (χ3v) is 2.61. The zero-order valence-electron chi connectivity index (χ0n) is 9.51. The Hall–Kier alpha value is -1.46. The molecule has 0 aromatic carbocycles.